The van der Waals surface area contributed by atoms with Gasteiger partial charge >= 0.3 is 0 Å². The van der Waals surface area contributed by atoms with Crippen molar-refractivity contribution in [1.29, 1.82) is 0 Å². The van der Waals surface area contributed by atoms with E-state index in [2.05, 4.69) is 0 Å². The third-order valence-corrected chi connectivity index (χ3v) is 2.56. The molecule has 0 radical (unpaired) electrons. The van der Waals surface area contributed by atoms with Crippen LogP contribution in [-0.4, -0.2) is 6.61 Å². The molecule has 0 N–H and O–H groups in total. The normalized spacial score (nSPS) is 9.89. The van der Waals surface area contributed by atoms with Crippen LogP contribution in [0.2, 0.25) is 0 Å². The number of thiophene rings is 1. The summed E-state index contributed by atoms with van der Waals surface area (Å²) in [5.41, 5.74) is 0. The lowest BCUT2D eigenvalue weighted by Crippen LogP contribution is -1.73. The topological polar surface area (TPSA) is 9.23 Å². The van der Waals surface area contributed by atoms with Gasteiger partial charge in [-0.3, -0.25) is 0 Å². The maximum Gasteiger partial charge on any atom is 0.0876 e. The zero-order chi connectivity index (χ0) is 6.53. The van der Waals surface area contributed by atoms with Gasteiger partial charge in [-0.1, -0.05) is 6.07 Å². The Morgan fingerprint density at radius 2 is 2.67 bits per heavy atom. The van der Waals surface area contributed by atoms with E-state index in [0.717, 1.165) is 6.61 Å². The second kappa shape index (κ2) is 3.93. The molecule has 0 atom stereocenters. The predicted octanol–water partition coefficient (Wildman–Crippen LogP) is 2.79. The molecule has 1 aromatic heterocycles. The van der Waals surface area contributed by atoms with Crippen LogP contribution in [0.1, 0.15) is 6.92 Å². The highest BCUT2D eigenvalue weighted by atomic mass is 32.2. The summed E-state index contributed by atoms with van der Waals surface area (Å²) in [6.45, 7) is 2.75. The van der Waals surface area contributed by atoms with Crippen molar-refractivity contribution in [3.63, 3.8) is 0 Å². The molecule has 0 aliphatic heterocycles. The molecule has 0 aliphatic rings. The van der Waals surface area contributed by atoms with Crippen LogP contribution in [0.3, 0.4) is 0 Å². The Morgan fingerprint density at radius 1 is 1.78 bits per heavy atom. The van der Waals surface area contributed by atoms with Gasteiger partial charge < -0.3 is 4.18 Å². The highest BCUT2D eigenvalue weighted by Gasteiger charge is 1.91. The van der Waals surface area contributed by atoms with Crippen LogP contribution in [0.5, 0.6) is 0 Å². The number of hydrogen-bond donors (Lipinski definition) is 0. The van der Waals surface area contributed by atoms with Crippen LogP contribution < -0.4 is 0 Å². The standard InChI is InChI=1S/C6H8OS2/c1-2-7-9-6-4-3-5-8-6/h3-5H,2H2,1H3. The van der Waals surface area contributed by atoms with Crippen molar-refractivity contribution in [3.8, 4) is 0 Å². The maximum absolute atomic E-state index is 5.10. The van der Waals surface area contributed by atoms with E-state index in [0.29, 0.717) is 0 Å². The highest BCUT2D eigenvalue weighted by Crippen LogP contribution is 2.23. The fourth-order valence-corrected chi connectivity index (χ4v) is 1.71. The van der Waals surface area contributed by atoms with Crippen molar-refractivity contribution in [2.45, 2.75) is 11.1 Å². The van der Waals surface area contributed by atoms with Crippen LogP contribution >= 0.6 is 23.4 Å². The van der Waals surface area contributed by atoms with E-state index in [4.69, 9.17) is 4.18 Å². The van der Waals surface area contributed by atoms with Gasteiger partial charge in [0.25, 0.3) is 0 Å². The van der Waals surface area contributed by atoms with Gasteiger partial charge in [0.05, 0.1) is 10.8 Å². The van der Waals surface area contributed by atoms with Gasteiger partial charge in [-0.2, -0.15) is 0 Å². The summed E-state index contributed by atoms with van der Waals surface area (Å²) in [4.78, 5) is 0. The summed E-state index contributed by atoms with van der Waals surface area (Å²) in [6.07, 6.45) is 0. The van der Waals surface area contributed by atoms with Crippen LogP contribution in [-0.2, 0) is 4.18 Å². The predicted molar refractivity (Wildman–Crippen MR) is 41.8 cm³/mol. The highest BCUT2D eigenvalue weighted by molar-refractivity contribution is 7.96. The average molecular weight is 160 g/mol. The van der Waals surface area contributed by atoms with Gasteiger partial charge in [0.2, 0.25) is 0 Å². The molecule has 1 rings (SSSR count). The molecule has 0 aliphatic carbocycles. The molecule has 1 aromatic rings. The van der Waals surface area contributed by atoms with Gasteiger partial charge in [0.1, 0.15) is 0 Å². The van der Waals surface area contributed by atoms with Crippen LogP contribution in [0, 0.1) is 0 Å². The third kappa shape index (κ3) is 2.39. The first-order chi connectivity index (χ1) is 4.43. The summed E-state index contributed by atoms with van der Waals surface area (Å²) in [6, 6.07) is 4.07. The summed E-state index contributed by atoms with van der Waals surface area (Å²) in [5, 5.41) is 2.04. The fraction of sp³-hybridized carbons (Fsp3) is 0.333. The molecule has 0 amide bonds. The van der Waals surface area contributed by atoms with E-state index in [1.165, 1.54) is 16.3 Å². The number of rotatable bonds is 3. The van der Waals surface area contributed by atoms with Crippen LogP contribution in [0.15, 0.2) is 21.7 Å². The monoisotopic (exact) mass is 160 g/mol. The molecule has 0 saturated heterocycles. The Labute approximate surface area is 63.2 Å². The maximum atomic E-state index is 5.10. The van der Waals surface area contributed by atoms with Crippen LogP contribution in [0.25, 0.3) is 0 Å². The molecule has 3 heteroatoms. The lowest BCUT2D eigenvalue weighted by molar-refractivity contribution is 0.402. The average Bonchev–Trinajstić information content (AvgIpc) is 2.34. The quantitative estimate of drug-likeness (QED) is 0.629. The Bertz CT molecular complexity index is 148. The lowest BCUT2D eigenvalue weighted by Gasteiger charge is -1.92. The van der Waals surface area contributed by atoms with Gasteiger partial charge in [-0.25, -0.2) is 0 Å². The second-order valence-electron chi connectivity index (χ2n) is 1.42. The summed E-state index contributed by atoms with van der Waals surface area (Å²) >= 11 is 3.15. The zero-order valence-electron chi connectivity index (χ0n) is 5.16. The second-order valence-corrected chi connectivity index (χ2v) is 3.47. The minimum Gasteiger partial charge on any atom is -0.310 e. The van der Waals surface area contributed by atoms with Crippen molar-refractivity contribution in [2.75, 3.05) is 6.61 Å². The van der Waals surface area contributed by atoms with Gasteiger partial charge in [-0.15, -0.1) is 11.3 Å². The van der Waals surface area contributed by atoms with E-state index < -0.39 is 0 Å². The summed E-state index contributed by atoms with van der Waals surface area (Å²) in [5.74, 6) is 0. The van der Waals surface area contributed by atoms with E-state index in [1.807, 2.05) is 24.4 Å². The molecule has 0 aromatic carbocycles. The molecule has 1 nitrogen and oxygen atoms in total. The first-order valence-electron chi connectivity index (χ1n) is 2.76. The van der Waals surface area contributed by atoms with E-state index in [1.54, 1.807) is 11.3 Å². The van der Waals surface area contributed by atoms with Crippen molar-refractivity contribution in [2.24, 2.45) is 0 Å². The molecule has 0 saturated carbocycles. The molecular weight excluding hydrogens is 152 g/mol. The molecule has 0 fully saturated rings. The van der Waals surface area contributed by atoms with Crippen molar-refractivity contribution < 1.29 is 4.18 Å². The summed E-state index contributed by atoms with van der Waals surface area (Å²) in [7, 11) is 0. The van der Waals surface area contributed by atoms with Gasteiger partial charge in [0, 0.05) is 12.0 Å². The first kappa shape index (κ1) is 7.12. The minimum absolute atomic E-state index is 0.766. The van der Waals surface area contributed by atoms with E-state index in [9.17, 15) is 0 Å². The Balaban J connectivity index is 2.30. The van der Waals surface area contributed by atoms with Crippen LogP contribution in [0.4, 0.5) is 0 Å². The minimum atomic E-state index is 0.766. The van der Waals surface area contributed by atoms with Crippen molar-refractivity contribution in [3.05, 3.63) is 17.5 Å². The molecule has 0 spiro atoms. The molecule has 0 unspecified atom stereocenters. The molecule has 50 valence electrons. The first-order valence-corrected chi connectivity index (χ1v) is 4.38. The smallest absolute Gasteiger partial charge is 0.0876 e. The van der Waals surface area contributed by atoms with Gasteiger partial charge in [-0.05, 0) is 18.4 Å². The lowest BCUT2D eigenvalue weighted by atomic mass is 10.7. The van der Waals surface area contributed by atoms with E-state index >= 15 is 0 Å². The largest absolute Gasteiger partial charge is 0.310 e. The molecular formula is C6H8OS2. The fourth-order valence-electron chi connectivity index (χ4n) is 0.428. The third-order valence-electron chi connectivity index (χ3n) is 0.754. The Hall–Kier alpha value is 0.01000. The van der Waals surface area contributed by atoms with E-state index in [-0.39, 0.29) is 0 Å². The summed E-state index contributed by atoms with van der Waals surface area (Å²) < 4.78 is 6.32. The molecule has 0 bridgehead atoms. The van der Waals surface area contributed by atoms with Gasteiger partial charge in [0.15, 0.2) is 0 Å². The van der Waals surface area contributed by atoms with Crippen molar-refractivity contribution >= 4 is 23.4 Å². The Kier molecular flexibility index (Phi) is 3.11. The SMILES string of the molecule is CCOSc1cccs1. The molecule has 9 heavy (non-hydrogen) atoms. The zero-order valence-corrected chi connectivity index (χ0v) is 6.80. The van der Waals surface area contributed by atoms with Crippen molar-refractivity contribution in [1.82, 2.24) is 0 Å². The number of hydrogen-bond acceptors (Lipinski definition) is 3. The molecule has 1 heterocycles. The Morgan fingerprint density at radius 3 is 3.22 bits per heavy atom.